The SMILES string of the molecule is CC(C)C(=O)N1[C@H](C)CN([C@H](CC(O)C(F)(F)F)c2ccccc2)C[C@@H]1C(=O)O. The van der Waals surface area contributed by atoms with Gasteiger partial charge in [0.25, 0.3) is 0 Å². The summed E-state index contributed by atoms with van der Waals surface area (Å²) in [4.78, 5) is 27.3. The Bertz CT molecular complexity index is 711. The zero-order valence-corrected chi connectivity index (χ0v) is 16.6. The summed E-state index contributed by atoms with van der Waals surface area (Å²) in [6, 6.07) is 5.87. The van der Waals surface area contributed by atoms with Crippen LogP contribution in [-0.4, -0.2) is 69.3 Å². The van der Waals surface area contributed by atoms with Gasteiger partial charge in [-0.25, -0.2) is 4.79 Å². The lowest BCUT2D eigenvalue weighted by atomic mass is 9.94. The van der Waals surface area contributed by atoms with E-state index in [9.17, 15) is 33.0 Å². The molecule has 1 aromatic carbocycles. The number of carbonyl (C=O) groups excluding carboxylic acids is 1. The highest BCUT2D eigenvalue weighted by Crippen LogP contribution is 2.34. The number of aliphatic carboxylic acids is 1. The first kappa shape index (κ1) is 23.2. The van der Waals surface area contributed by atoms with Crippen LogP contribution in [0.25, 0.3) is 0 Å². The summed E-state index contributed by atoms with van der Waals surface area (Å²) in [5.41, 5.74) is 0.552. The van der Waals surface area contributed by atoms with Gasteiger partial charge in [0.2, 0.25) is 5.91 Å². The van der Waals surface area contributed by atoms with Crippen LogP contribution in [0.1, 0.15) is 38.8 Å². The Morgan fingerprint density at radius 3 is 2.24 bits per heavy atom. The van der Waals surface area contributed by atoms with Gasteiger partial charge >= 0.3 is 12.1 Å². The number of halogens is 3. The molecule has 0 bridgehead atoms. The van der Waals surface area contributed by atoms with Crippen molar-refractivity contribution in [3.05, 3.63) is 35.9 Å². The molecule has 0 aliphatic carbocycles. The van der Waals surface area contributed by atoms with Crippen LogP contribution in [0, 0.1) is 5.92 Å². The molecule has 29 heavy (non-hydrogen) atoms. The molecule has 0 aromatic heterocycles. The maximum Gasteiger partial charge on any atom is 0.414 e. The van der Waals surface area contributed by atoms with Gasteiger partial charge in [0, 0.05) is 37.5 Å². The molecule has 0 spiro atoms. The Labute approximate surface area is 167 Å². The molecule has 1 aliphatic heterocycles. The van der Waals surface area contributed by atoms with Crippen LogP contribution < -0.4 is 0 Å². The average molecular weight is 416 g/mol. The summed E-state index contributed by atoms with van der Waals surface area (Å²) in [7, 11) is 0. The number of carboxylic acids is 1. The predicted octanol–water partition coefficient (Wildman–Crippen LogP) is 2.68. The minimum absolute atomic E-state index is 0.123. The predicted molar refractivity (Wildman–Crippen MR) is 100 cm³/mol. The fraction of sp³-hybridized carbons (Fsp3) is 0.600. The van der Waals surface area contributed by atoms with E-state index in [2.05, 4.69) is 0 Å². The van der Waals surface area contributed by atoms with E-state index < -0.39 is 48.7 Å². The lowest BCUT2D eigenvalue weighted by Crippen LogP contribution is -2.63. The summed E-state index contributed by atoms with van der Waals surface area (Å²) < 4.78 is 39.0. The molecular weight excluding hydrogens is 389 g/mol. The van der Waals surface area contributed by atoms with E-state index in [4.69, 9.17) is 0 Å². The molecule has 1 heterocycles. The van der Waals surface area contributed by atoms with E-state index in [1.54, 1.807) is 56.0 Å². The number of aliphatic hydroxyl groups is 1. The van der Waals surface area contributed by atoms with Crippen LogP contribution in [0.4, 0.5) is 13.2 Å². The van der Waals surface area contributed by atoms with Crippen LogP contribution in [0.2, 0.25) is 0 Å². The molecule has 9 heteroatoms. The Kier molecular flexibility index (Phi) is 7.29. The summed E-state index contributed by atoms with van der Waals surface area (Å²) in [6.07, 6.45) is -7.94. The molecule has 162 valence electrons. The molecule has 4 atom stereocenters. The summed E-state index contributed by atoms with van der Waals surface area (Å²) in [5, 5.41) is 19.4. The number of aliphatic hydroxyl groups excluding tert-OH is 1. The number of hydrogen-bond acceptors (Lipinski definition) is 4. The molecule has 1 fully saturated rings. The Morgan fingerprint density at radius 2 is 1.76 bits per heavy atom. The minimum atomic E-state index is -4.78. The number of nitrogens with zero attached hydrogens (tertiary/aromatic N) is 2. The van der Waals surface area contributed by atoms with Crippen molar-refractivity contribution in [2.24, 2.45) is 5.92 Å². The molecule has 1 aliphatic rings. The van der Waals surface area contributed by atoms with Crippen molar-refractivity contribution in [3.8, 4) is 0 Å². The van der Waals surface area contributed by atoms with Gasteiger partial charge in [-0.15, -0.1) is 0 Å². The van der Waals surface area contributed by atoms with Crippen LogP contribution in [-0.2, 0) is 9.59 Å². The lowest BCUT2D eigenvalue weighted by Gasteiger charge is -2.47. The van der Waals surface area contributed by atoms with Crippen LogP contribution in [0.3, 0.4) is 0 Å². The first-order valence-electron chi connectivity index (χ1n) is 9.52. The monoisotopic (exact) mass is 416 g/mol. The quantitative estimate of drug-likeness (QED) is 0.745. The molecule has 1 amide bonds. The van der Waals surface area contributed by atoms with Crippen molar-refractivity contribution in [1.82, 2.24) is 9.80 Å². The molecule has 2 N–H and O–H groups in total. The highest BCUT2D eigenvalue weighted by molar-refractivity contribution is 5.85. The maximum atomic E-state index is 13.0. The largest absolute Gasteiger partial charge is 0.480 e. The minimum Gasteiger partial charge on any atom is -0.480 e. The van der Waals surface area contributed by atoms with Crippen molar-refractivity contribution in [2.75, 3.05) is 13.1 Å². The smallest absolute Gasteiger partial charge is 0.414 e. The van der Waals surface area contributed by atoms with Gasteiger partial charge in [-0.05, 0) is 12.5 Å². The van der Waals surface area contributed by atoms with E-state index >= 15 is 0 Å². The number of rotatable bonds is 6. The van der Waals surface area contributed by atoms with Crippen molar-refractivity contribution in [3.63, 3.8) is 0 Å². The highest BCUT2D eigenvalue weighted by atomic mass is 19.4. The van der Waals surface area contributed by atoms with Crippen LogP contribution >= 0.6 is 0 Å². The Morgan fingerprint density at radius 1 is 1.17 bits per heavy atom. The van der Waals surface area contributed by atoms with E-state index in [0.717, 1.165) is 0 Å². The second-order valence-electron chi connectivity index (χ2n) is 7.78. The third kappa shape index (κ3) is 5.48. The number of alkyl halides is 3. The van der Waals surface area contributed by atoms with E-state index in [1.165, 1.54) is 4.90 Å². The van der Waals surface area contributed by atoms with E-state index in [-0.39, 0.29) is 19.0 Å². The first-order chi connectivity index (χ1) is 13.4. The Balaban J connectivity index is 2.36. The average Bonchev–Trinajstić information content (AvgIpc) is 2.64. The molecule has 0 radical (unpaired) electrons. The summed E-state index contributed by atoms with van der Waals surface area (Å²) in [5.74, 6) is -1.92. The zero-order valence-electron chi connectivity index (χ0n) is 16.6. The fourth-order valence-electron chi connectivity index (χ4n) is 3.76. The second kappa shape index (κ2) is 9.13. The first-order valence-corrected chi connectivity index (χ1v) is 9.52. The maximum absolute atomic E-state index is 13.0. The molecule has 6 nitrogen and oxygen atoms in total. The van der Waals surface area contributed by atoms with Crippen molar-refractivity contribution < 1.29 is 33.0 Å². The third-order valence-electron chi connectivity index (χ3n) is 5.20. The van der Waals surface area contributed by atoms with Crippen LogP contribution in [0.5, 0.6) is 0 Å². The number of piperazine rings is 1. The van der Waals surface area contributed by atoms with E-state index in [1.807, 2.05) is 0 Å². The van der Waals surface area contributed by atoms with Gasteiger partial charge in [0.15, 0.2) is 6.10 Å². The second-order valence-corrected chi connectivity index (χ2v) is 7.78. The highest BCUT2D eigenvalue weighted by Gasteiger charge is 2.45. The molecule has 1 saturated heterocycles. The number of benzene rings is 1. The van der Waals surface area contributed by atoms with Crippen molar-refractivity contribution >= 4 is 11.9 Å². The third-order valence-corrected chi connectivity index (χ3v) is 5.20. The van der Waals surface area contributed by atoms with Gasteiger partial charge in [-0.3, -0.25) is 9.69 Å². The molecule has 1 unspecified atom stereocenters. The van der Waals surface area contributed by atoms with Gasteiger partial charge < -0.3 is 15.1 Å². The zero-order chi connectivity index (χ0) is 21.9. The van der Waals surface area contributed by atoms with Gasteiger partial charge in [-0.1, -0.05) is 44.2 Å². The molecular formula is C20H27F3N2O4. The number of hydrogen-bond donors (Lipinski definition) is 2. The molecule has 0 saturated carbocycles. The lowest BCUT2D eigenvalue weighted by molar-refractivity contribution is -0.210. The van der Waals surface area contributed by atoms with Crippen LogP contribution in [0.15, 0.2) is 30.3 Å². The summed E-state index contributed by atoms with van der Waals surface area (Å²) in [6.45, 7) is 5.11. The van der Waals surface area contributed by atoms with Crippen molar-refractivity contribution in [1.29, 1.82) is 0 Å². The topological polar surface area (TPSA) is 81.1 Å². The number of amides is 1. The van der Waals surface area contributed by atoms with E-state index in [0.29, 0.717) is 5.56 Å². The van der Waals surface area contributed by atoms with Gasteiger partial charge in [0.1, 0.15) is 6.04 Å². The number of carbonyl (C=O) groups is 2. The standard InChI is InChI=1S/C20H27F3N2O4/c1-12(2)18(27)25-13(3)10-24(11-16(25)19(28)29)15(9-17(26)20(21,22)23)14-7-5-4-6-8-14/h4-8,12-13,15-17,26H,9-11H2,1-3H3,(H,28,29)/t13-,15-,16-,17?/m1/s1. The van der Waals surface area contributed by atoms with Crippen molar-refractivity contribution in [2.45, 2.75) is 57.6 Å². The molecule has 2 rings (SSSR count). The summed E-state index contributed by atoms with van der Waals surface area (Å²) >= 11 is 0. The normalized spacial score (nSPS) is 23.1. The number of carboxylic acid groups (broad SMARTS) is 1. The fourth-order valence-corrected chi connectivity index (χ4v) is 3.76. The Hall–Kier alpha value is -2.13. The van der Waals surface area contributed by atoms with Gasteiger partial charge in [0.05, 0.1) is 0 Å². The molecule has 1 aromatic rings. The van der Waals surface area contributed by atoms with Gasteiger partial charge in [-0.2, -0.15) is 13.2 Å².